The van der Waals surface area contributed by atoms with Crippen LogP contribution in [-0.2, 0) is 11.2 Å². The van der Waals surface area contributed by atoms with Crippen LogP contribution in [0.25, 0.3) is 10.6 Å². The second-order valence-electron chi connectivity index (χ2n) is 5.47. The van der Waals surface area contributed by atoms with E-state index in [1.165, 1.54) is 23.5 Å². The van der Waals surface area contributed by atoms with Crippen LogP contribution in [0.2, 0.25) is 0 Å². The number of benzene rings is 1. The number of nitrogens with one attached hydrogen (secondary N) is 1. The highest BCUT2D eigenvalue weighted by Gasteiger charge is 2.19. The first kappa shape index (κ1) is 15.6. The first-order valence-corrected chi connectivity index (χ1v) is 7.49. The Balaban J connectivity index is 2.05. The second-order valence-corrected chi connectivity index (χ2v) is 6.33. The van der Waals surface area contributed by atoms with Crippen molar-refractivity contribution >= 4 is 17.2 Å². The largest absolute Gasteiger partial charge is 0.350 e. The Hall–Kier alpha value is -1.79. The average Bonchev–Trinajstić information content (AvgIpc) is 2.86. The number of nitrogens with two attached hydrogens (primary N) is 1. The quantitative estimate of drug-likeness (QED) is 0.891. The van der Waals surface area contributed by atoms with Gasteiger partial charge in [0.15, 0.2) is 0 Å². The molecule has 1 amide bonds. The number of amides is 1. The molecule has 0 bridgehead atoms. The molecule has 0 aliphatic rings. The van der Waals surface area contributed by atoms with Crippen LogP contribution in [0, 0.1) is 5.82 Å². The van der Waals surface area contributed by atoms with E-state index in [9.17, 15) is 9.18 Å². The van der Waals surface area contributed by atoms with Gasteiger partial charge in [-0.2, -0.15) is 0 Å². The molecule has 21 heavy (non-hydrogen) atoms. The monoisotopic (exact) mass is 307 g/mol. The molecule has 2 aromatic rings. The number of aromatic nitrogens is 1. The smallest absolute Gasteiger partial charge is 0.226 e. The zero-order chi connectivity index (χ0) is 15.5. The molecule has 1 aromatic carbocycles. The normalized spacial score (nSPS) is 11.4. The number of carbonyl (C=O) groups excluding carboxylic acids is 1. The third-order valence-corrected chi connectivity index (χ3v) is 3.89. The van der Waals surface area contributed by atoms with Gasteiger partial charge < -0.3 is 11.1 Å². The molecule has 4 nitrogen and oxygen atoms in total. The molecule has 1 aromatic heterocycles. The van der Waals surface area contributed by atoms with Gasteiger partial charge in [-0.1, -0.05) is 12.1 Å². The molecule has 0 radical (unpaired) electrons. The lowest BCUT2D eigenvalue weighted by atomic mass is 10.1. The summed E-state index contributed by atoms with van der Waals surface area (Å²) in [7, 11) is 0. The van der Waals surface area contributed by atoms with Crippen molar-refractivity contribution in [3.63, 3.8) is 0 Å². The molecule has 0 aliphatic heterocycles. The van der Waals surface area contributed by atoms with E-state index < -0.39 is 5.54 Å². The van der Waals surface area contributed by atoms with E-state index in [0.29, 0.717) is 22.8 Å². The van der Waals surface area contributed by atoms with Gasteiger partial charge in [0, 0.05) is 23.0 Å². The summed E-state index contributed by atoms with van der Waals surface area (Å²) in [5.74, 6) is -0.423. The van der Waals surface area contributed by atoms with Crippen molar-refractivity contribution in [1.82, 2.24) is 10.3 Å². The summed E-state index contributed by atoms with van der Waals surface area (Å²) in [6.45, 7) is 4.10. The van der Waals surface area contributed by atoms with Crippen molar-refractivity contribution in [3.05, 3.63) is 41.2 Å². The number of hydrogen-bond acceptors (Lipinski definition) is 4. The van der Waals surface area contributed by atoms with E-state index in [1.807, 2.05) is 19.2 Å². The Labute approximate surface area is 127 Å². The fraction of sp³-hybridized carbons (Fsp3) is 0.333. The lowest BCUT2D eigenvalue weighted by molar-refractivity contribution is -0.121. The summed E-state index contributed by atoms with van der Waals surface area (Å²) >= 11 is 1.39. The second kappa shape index (κ2) is 6.32. The topological polar surface area (TPSA) is 68.0 Å². The first-order chi connectivity index (χ1) is 9.89. The Morgan fingerprint density at radius 3 is 2.90 bits per heavy atom. The minimum absolute atomic E-state index is 0.124. The van der Waals surface area contributed by atoms with E-state index in [2.05, 4.69) is 10.3 Å². The van der Waals surface area contributed by atoms with Crippen LogP contribution in [0.4, 0.5) is 4.39 Å². The Morgan fingerprint density at radius 2 is 2.24 bits per heavy atom. The molecule has 2 rings (SSSR count). The van der Waals surface area contributed by atoms with Gasteiger partial charge in [-0.15, -0.1) is 11.3 Å². The molecule has 3 N–H and O–H groups in total. The molecular weight excluding hydrogens is 289 g/mol. The van der Waals surface area contributed by atoms with Crippen molar-refractivity contribution in [3.8, 4) is 10.6 Å². The molecule has 112 valence electrons. The third kappa shape index (κ3) is 4.34. The summed E-state index contributed by atoms with van der Waals surface area (Å²) in [5.41, 5.74) is 6.53. The van der Waals surface area contributed by atoms with Gasteiger partial charge in [0.2, 0.25) is 5.91 Å². The fourth-order valence-electron chi connectivity index (χ4n) is 1.78. The minimum atomic E-state index is -0.432. The van der Waals surface area contributed by atoms with Crippen LogP contribution < -0.4 is 11.1 Å². The zero-order valence-corrected chi connectivity index (χ0v) is 12.8. The maximum absolute atomic E-state index is 13.2. The summed E-state index contributed by atoms with van der Waals surface area (Å²) in [6.07, 6.45) is 0.190. The Kier molecular flexibility index (Phi) is 4.69. The van der Waals surface area contributed by atoms with E-state index in [0.717, 1.165) is 0 Å². The number of nitrogens with zero attached hydrogens (tertiary/aromatic N) is 1. The Morgan fingerprint density at radius 1 is 1.48 bits per heavy atom. The molecular formula is C15H18FN3OS. The number of halogens is 1. The Bertz CT molecular complexity index is 639. The van der Waals surface area contributed by atoms with Crippen molar-refractivity contribution < 1.29 is 9.18 Å². The van der Waals surface area contributed by atoms with Crippen LogP contribution in [0.15, 0.2) is 29.6 Å². The lowest BCUT2D eigenvalue weighted by Gasteiger charge is -2.23. The van der Waals surface area contributed by atoms with Gasteiger partial charge in [-0.05, 0) is 26.0 Å². The van der Waals surface area contributed by atoms with Crippen LogP contribution in [0.3, 0.4) is 0 Å². The lowest BCUT2D eigenvalue weighted by Crippen LogP contribution is -2.49. The fourth-order valence-corrected chi connectivity index (χ4v) is 2.60. The van der Waals surface area contributed by atoms with Gasteiger partial charge in [0.25, 0.3) is 0 Å². The van der Waals surface area contributed by atoms with Gasteiger partial charge in [0.1, 0.15) is 10.8 Å². The van der Waals surface area contributed by atoms with Crippen molar-refractivity contribution in [1.29, 1.82) is 0 Å². The van der Waals surface area contributed by atoms with Crippen molar-refractivity contribution in [2.24, 2.45) is 5.73 Å². The summed E-state index contributed by atoms with van der Waals surface area (Å²) in [6, 6.07) is 6.26. The van der Waals surface area contributed by atoms with Gasteiger partial charge in [-0.25, -0.2) is 9.37 Å². The third-order valence-electron chi connectivity index (χ3n) is 2.95. The molecule has 0 fully saturated rings. The average molecular weight is 307 g/mol. The molecule has 1 heterocycles. The van der Waals surface area contributed by atoms with Gasteiger partial charge in [-0.3, -0.25) is 4.79 Å². The van der Waals surface area contributed by atoms with Crippen LogP contribution in [-0.4, -0.2) is 23.0 Å². The summed E-state index contributed by atoms with van der Waals surface area (Å²) < 4.78 is 13.2. The number of carbonyl (C=O) groups is 1. The van der Waals surface area contributed by atoms with Crippen LogP contribution >= 0.6 is 11.3 Å². The highest BCUT2D eigenvalue weighted by atomic mass is 32.1. The van der Waals surface area contributed by atoms with Crippen LogP contribution in [0.1, 0.15) is 19.5 Å². The van der Waals surface area contributed by atoms with E-state index in [-0.39, 0.29) is 18.1 Å². The summed E-state index contributed by atoms with van der Waals surface area (Å²) in [4.78, 5) is 16.3. The maximum atomic E-state index is 13.2. The molecule has 0 unspecified atom stereocenters. The highest BCUT2D eigenvalue weighted by Crippen LogP contribution is 2.24. The predicted molar refractivity (Wildman–Crippen MR) is 82.5 cm³/mol. The molecule has 0 saturated carbocycles. The first-order valence-electron chi connectivity index (χ1n) is 6.61. The standard InChI is InChI=1S/C15H18FN3OS/c1-15(2,9-17)19-13(20)7-12-8-21-14(18-12)10-4-3-5-11(16)6-10/h3-6,8H,7,9,17H2,1-2H3,(H,19,20). The zero-order valence-electron chi connectivity index (χ0n) is 12.0. The number of thiazole rings is 1. The summed E-state index contributed by atoms with van der Waals surface area (Å²) in [5, 5.41) is 5.37. The van der Waals surface area contributed by atoms with Crippen molar-refractivity contribution in [2.75, 3.05) is 6.54 Å². The molecule has 0 saturated heterocycles. The molecule has 0 aliphatic carbocycles. The van der Waals surface area contributed by atoms with Crippen LogP contribution in [0.5, 0.6) is 0 Å². The molecule has 6 heteroatoms. The number of rotatable bonds is 5. The van der Waals surface area contributed by atoms with E-state index in [4.69, 9.17) is 5.73 Å². The molecule has 0 atom stereocenters. The van der Waals surface area contributed by atoms with E-state index in [1.54, 1.807) is 12.1 Å². The van der Waals surface area contributed by atoms with E-state index >= 15 is 0 Å². The van der Waals surface area contributed by atoms with Gasteiger partial charge in [0.05, 0.1) is 12.1 Å². The van der Waals surface area contributed by atoms with Crippen molar-refractivity contribution in [2.45, 2.75) is 25.8 Å². The number of hydrogen-bond donors (Lipinski definition) is 2. The van der Waals surface area contributed by atoms with Gasteiger partial charge >= 0.3 is 0 Å². The minimum Gasteiger partial charge on any atom is -0.350 e. The predicted octanol–water partition coefficient (Wildman–Crippen LogP) is 2.35. The highest BCUT2D eigenvalue weighted by molar-refractivity contribution is 7.13. The maximum Gasteiger partial charge on any atom is 0.226 e. The SMILES string of the molecule is CC(C)(CN)NC(=O)Cc1csc(-c2cccc(F)c2)n1. The molecule has 0 spiro atoms.